The van der Waals surface area contributed by atoms with Crippen molar-refractivity contribution in [3.8, 4) is 23.2 Å². The first-order chi connectivity index (χ1) is 20.3. The molecule has 1 N–H and O–H groups in total. The molecule has 0 saturated heterocycles. The van der Waals surface area contributed by atoms with E-state index in [4.69, 9.17) is 9.47 Å². The number of pyridine rings is 1. The highest BCUT2D eigenvalue weighted by Crippen LogP contribution is 2.28. The minimum Gasteiger partial charge on any atom is -0.478 e. The van der Waals surface area contributed by atoms with E-state index in [1.54, 1.807) is 61.1 Å². The minimum atomic E-state index is -1.07. The Labute approximate surface area is 240 Å². The van der Waals surface area contributed by atoms with Crippen molar-refractivity contribution in [3.63, 3.8) is 0 Å². The van der Waals surface area contributed by atoms with Crippen LogP contribution in [0.4, 0.5) is 8.78 Å². The molecule has 0 unspecified atom stereocenters. The van der Waals surface area contributed by atoms with Gasteiger partial charge < -0.3 is 19.1 Å². The van der Waals surface area contributed by atoms with E-state index in [0.29, 0.717) is 46.8 Å². The molecule has 212 valence electrons. The molecular weight excluding hydrogens is 542 g/mol. The lowest BCUT2D eigenvalue weighted by molar-refractivity contribution is 0.0697. The molecule has 0 aliphatic heterocycles. The Balaban J connectivity index is 1.45. The smallest absolute Gasteiger partial charge is 0.335 e. The fraction of sp³-hybridized carbons (Fsp3) is 0.188. The third kappa shape index (κ3) is 5.96. The van der Waals surface area contributed by atoms with Crippen LogP contribution in [0.5, 0.6) is 5.88 Å². The standard InChI is InChI=1S/C32H26F2N4O4/c1-19-6-7-21(25(33)12-19)18-42-31-5-3-4-27(37-31)22-13-23(17-35)24(26(34)14-22)16-30-36-28-9-8-20(32(39)40)15-29(28)38(30)10-11-41-2/h3-9,12-15H,10-11,16,18H2,1-2H3,(H,39,40). The molecule has 0 aliphatic carbocycles. The van der Waals surface area contributed by atoms with Crippen LogP contribution in [0.1, 0.15) is 38.4 Å². The van der Waals surface area contributed by atoms with Crippen LogP contribution < -0.4 is 4.74 Å². The highest BCUT2D eigenvalue weighted by molar-refractivity contribution is 5.92. The van der Waals surface area contributed by atoms with Crippen molar-refractivity contribution >= 4 is 17.0 Å². The lowest BCUT2D eigenvalue weighted by atomic mass is 9.99. The molecule has 8 nitrogen and oxygen atoms in total. The third-order valence-electron chi connectivity index (χ3n) is 6.85. The van der Waals surface area contributed by atoms with Gasteiger partial charge in [0.25, 0.3) is 0 Å². The number of fused-ring (bicyclic) bond motifs is 1. The molecule has 5 rings (SSSR count). The molecule has 0 bridgehead atoms. The van der Waals surface area contributed by atoms with Crippen LogP contribution in [0.3, 0.4) is 0 Å². The second kappa shape index (κ2) is 12.2. The van der Waals surface area contributed by atoms with Crippen LogP contribution in [0.2, 0.25) is 0 Å². The fourth-order valence-electron chi connectivity index (χ4n) is 4.67. The summed E-state index contributed by atoms with van der Waals surface area (Å²) in [6.45, 7) is 2.45. The number of nitrogens with zero attached hydrogens (tertiary/aromatic N) is 4. The zero-order valence-corrected chi connectivity index (χ0v) is 22.9. The van der Waals surface area contributed by atoms with Crippen molar-refractivity contribution < 1.29 is 28.2 Å². The summed E-state index contributed by atoms with van der Waals surface area (Å²) in [6.07, 6.45) is -0.00546. The molecule has 0 aliphatic rings. The van der Waals surface area contributed by atoms with Gasteiger partial charge in [0.15, 0.2) is 0 Å². The second-order valence-corrected chi connectivity index (χ2v) is 9.70. The molecule has 0 radical (unpaired) electrons. The second-order valence-electron chi connectivity index (χ2n) is 9.70. The summed E-state index contributed by atoms with van der Waals surface area (Å²) in [5.74, 6) is -1.37. The number of nitriles is 1. The van der Waals surface area contributed by atoms with Gasteiger partial charge in [-0.3, -0.25) is 0 Å². The Morgan fingerprint density at radius 1 is 1.05 bits per heavy atom. The largest absolute Gasteiger partial charge is 0.478 e. The number of carbonyl (C=O) groups is 1. The number of hydrogen-bond donors (Lipinski definition) is 1. The quantitative estimate of drug-likeness (QED) is 0.218. The van der Waals surface area contributed by atoms with Gasteiger partial charge in [-0.1, -0.05) is 18.2 Å². The Bertz CT molecular complexity index is 1850. The molecule has 0 fully saturated rings. The normalized spacial score (nSPS) is 11.0. The van der Waals surface area contributed by atoms with Crippen molar-refractivity contribution in [2.45, 2.75) is 26.5 Å². The molecule has 0 spiro atoms. The van der Waals surface area contributed by atoms with E-state index in [0.717, 1.165) is 5.56 Å². The van der Waals surface area contributed by atoms with Crippen LogP contribution in [0, 0.1) is 29.9 Å². The number of benzene rings is 3. The molecule has 2 heterocycles. The molecular formula is C32H26F2N4O4. The van der Waals surface area contributed by atoms with Gasteiger partial charge in [-0.05, 0) is 55.0 Å². The van der Waals surface area contributed by atoms with E-state index in [9.17, 15) is 19.6 Å². The molecule has 0 saturated carbocycles. The number of aromatic nitrogens is 3. The lowest BCUT2D eigenvalue weighted by Gasteiger charge is -2.12. The molecule has 42 heavy (non-hydrogen) atoms. The Morgan fingerprint density at radius 3 is 2.62 bits per heavy atom. The maximum absolute atomic E-state index is 15.6. The molecule has 5 aromatic rings. The number of carboxylic acid groups (broad SMARTS) is 1. The molecule has 10 heteroatoms. The first kappa shape index (κ1) is 28.4. The number of ether oxygens (including phenoxy) is 2. The van der Waals surface area contributed by atoms with Crippen molar-refractivity contribution in [1.29, 1.82) is 5.26 Å². The number of aryl methyl sites for hydroxylation is 1. The SMILES string of the molecule is COCCn1c(Cc2c(F)cc(-c3cccc(OCc4ccc(C)cc4F)n3)cc2C#N)nc2ccc(C(=O)O)cc21. The van der Waals surface area contributed by atoms with Crippen LogP contribution in [-0.2, 0) is 24.3 Å². The monoisotopic (exact) mass is 568 g/mol. The minimum absolute atomic E-state index is 0.00546. The summed E-state index contributed by atoms with van der Waals surface area (Å²) in [4.78, 5) is 20.6. The van der Waals surface area contributed by atoms with Gasteiger partial charge in [-0.2, -0.15) is 5.26 Å². The first-order valence-corrected chi connectivity index (χ1v) is 13.1. The number of imidazole rings is 1. The number of hydrogen-bond acceptors (Lipinski definition) is 6. The van der Waals surface area contributed by atoms with E-state index < -0.39 is 11.8 Å². The fourth-order valence-corrected chi connectivity index (χ4v) is 4.67. The van der Waals surface area contributed by atoms with Gasteiger partial charge in [0, 0.05) is 42.8 Å². The summed E-state index contributed by atoms with van der Waals surface area (Å²) in [7, 11) is 1.54. The van der Waals surface area contributed by atoms with E-state index in [-0.39, 0.29) is 41.4 Å². The van der Waals surface area contributed by atoms with Crippen LogP contribution in [-0.4, -0.2) is 39.3 Å². The van der Waals surface area contributed by atoms with E-state index in [2.05, 4.69) is 16.0 Å². The van der Waals surface area contributed by atoms with Crippen LogP contribution >= 0.6 is 0 Å². The van der Waals surface area contributed by atoms with E-state index in [1.165, 1.54) is 24.3 Å². The van der Waals surface area contributed by atoms with Gasteiger partial charge in [-0.15, -0.1) is 0 Å². The zero-order chi connectivity index (χ0) is 29.8. The number of carboxylic acids is 1. The van der Waals surface area contributed by atoms with Gasteiger partial charge >= 0.3 is 5.97 Å². The number of methoxy groups -OCH3 is 1. The Kier molecular flexibility index (Phi) is 8.22. The van der Waals surface area contributed by atoms with Crippen molar-refractivity contribution in [1.82, 2.24) is 14.5 Å². The van der Waals surface area contributed by atoms with Crippen molar-refractivity contribution in [3.05, 3.63) is 112 Å². The molecule has 2 aromatic heterocycles. The summed E-state index contributed by atoms with van der Waals surface area (Å²) in [6, 6.07) is 19.3. The zero-order valence-electron chi connectivity index (χ0n) is 22.9. The topological polar surface area (TPSA) is 110 Å². The number of halogens is 2. The van der Waals surface area contributed by atoms with E-state index in [1.807, 2.05) is 0 Å². The highest BCUT2D eigenvalue weighted by Gasteiger charge is 2.19. The first-order valence-electron chi connectivity index (χ1n) is 13.1. The van der Waals surface area contributed by atoms with Gasteiger partial charge in [0.05, 0.1) is 40.5 Å². The summed E-state index contributed by atoms with van der Waals surface area (Å²) < 4.78 is 42.5. The van der Waals surface area contributed by atoms with Gasteiger partial charge in [0.2, 0.25) is 5.88 Å². The highest BCUT2D eigenvalue weighted by atomic mass is 19.1. The van der Waals surface area contributed by atoms with Crippen molar-refractivity contribution in [2.24, 2.45) is 0 Å². The molecule has 0 atom stereocenters. The Morgan fingerprint density at radius 2 is 1.88 bits per heavy atom. The summed E-state index contributed by atoms with van der Waals surface area (Å²) in [5.41, 5.74) is 3.42. The number of rotatable bonds is 10. The van der Waals surface area contributed by atoms with E-state index >= 15 is 4.39 Å². The number of aromatic carboxylic acids is 1. The third-order valence-corrected chi connectivity index (χ3v) is 6.85. The summed E-state index contributed by atoms with van der Waals surface area (Å²) in [5, 5.41) is 19.4. The average molecular weight is 569 g/mol. The van der Waals surface area contributed by atoms with Crippen molar-refractivity contribution in [2.75, 3.05) is 13.7 Å². The maximum Gasteiger partial charge on any atom is 0.335 e. The maximum atomic E-state index is 15.6. The van der Waals surface area contributed by atoms with Crippen LogP contribution in [0.25, 0.3) is 22.3 Å². The molecule has 0 amide bonds. The predicted octanol–water partition coefficient (Wildman–Crippen LogP) is 6.07. The lowest BCUT2D eigenvalue weighted by Crippen LogP contribution is -2.10. The van der Waals surface area contributed by atoms with Gasteiger partial charge in [-0.25, -0.2) is 23.5 Å². The molecule has 3 aromatic carbocycles. The summed E-state index contributed by atoms with van der Waals surface area (Å²) >= 11 is 0. The van der Waals surface area contributed by atoms with Gasteiger partial charge in [0.1, 0.15) is 24.1 Å². The predicted molar refractivity (Wildman–Crippen MR) is 151 cm³/mol. The Hall–Kier alpha value is -5.14. The average Bonchev–Trinajstić information content (AvgIpc) is 3.32. The van der Waals surface area contributed by atoms with Crippen LogP contribution in [0.15, 0.2) is 66.7 Å².